The van der Waals surface area contributed by atoms with Crippen LogP contribution in [-0.4, -0.2) is 33.8 Å². The zero-order valence-electron chi connectivity index (χ0n) is 9.51. The lowest BCUT2D eigenvalue weighted by Crippen LogP contribution is -2.44. The molecule has 0 fully saturated rings. The fourth-order valence-corrected chi connectivity index (χ4v) is 2.34. The molecule has 6 heteroatoms. The van der Waals surface area contributed by atoms with E-state index < -0.39 is 23.8 Å². The van der Waals surface area contributed by atoms with Crippen molar-refractivity contribution in [3.63, 3.8) is 0 Å². The zero-order valence-corrected chi connectivity index (χ0v) is 11.1. The molecule has 1 aromatic carbocycles. The number of aliphatic carboxylic acids is 1. The van der Waals surface area contributed by atoms with Crippen molar-refractivity contribution in [1.29, 1.82) is 0 Å². The summed E-state index contributed by atoms with van der Waals surface area (Å²) in [6, 6.07) is 3.59. The lowest BCUT2D eigenvalue weighted by Gasteiger charge is -2.20. The highest BCUT2D eigenvalue weighted by molar-refractivity contribution is 9.10. The number of nitrogens with zero attached hydrogens (tertiary/aromatic N) is 1. The van der Waals surface area contributed by atoms with Crippen LogP contribution in [0, 0.1) is 0 Å². The average molecular weight is 312 g/mol. The highest BCUT2D eigenvalue weighted by atomic mass is 79.9. The smallest absolute Gasteiger partial charge is 0.326 e. The molecule has 18 heavy (non-hydrogen) atoms. The van der Waals surface area contributed by atoms with Crippen molar-refractivity contribution in [2.24, 2.45) is 0 Å². The molecule has 0 radical (unpaired) electrons. The first-order valence-electron chi connectivity index (χ1n) is 5.37. The second-order valence-electron chi connectivity index (χ2n) is 3.93. The highest BCUT2D eigenvalue weighted by Crippen LogP contribution is 2.28. The Morgan fingerprint density at radius 2 is 1.94 bits per heavy atom. The summed E-state index contributed by atoms with van der Waals surface area (Å²) >= 11 is 3.22. The third kappa shape index (κ3) is 1.82. The van der Waals surface area contributed by atoms with Gasteiger partial charge in [0, 0.05) is 4.47 Å². The Bertz CT molecular complexity index is 555. The molecule has 1 N–H and O–H groups in total. The monoisotopic (exact) mass is 311 g/mol. The van der Waals surface area contributed by atoms with E-state index in [-0.39, 0.29) is 17.5 Å². The van der Waals surface area contributed by atoms with Gasteiger partial charge in [-0.2, -0.15) is 0 Å². The van der Waals surface area contributed by atoms with Crippen LogP contribution in [0.1, 0.15) is 34.1 Å². The van der Waals surface area contributed by atoms with Gasteiger partial charge in [-0.3, -0.25) is 14.5 Å². The van der Waals surface area contributed by atoms with Gasteiger partial charge in [0.05, 0.1) is 11.1 Å². The van der Waals surface area contributed by atoms with Crippen molar-refractivity contribution < 1.29 is 19.5 Å². The summed E-state index contributed by atoms with van der Waals surface area (Å²) in [5.74, 6) is -2.27. The molecule has 0 saturated heterocycles. The number of halogens is 1. The quantitative estimate of drug-likeness (QED) is 0.865. The maximum atomic E-state index is 12.1. The zero-order chi connectivity index (χ0) is 13.4. The minimum absolute atomic E-state index is 0.183. The molecule has 2 amide bonds. The van der Waals surface area contributed by atoms with Crippen LogP contribution in [0.2, 0.25) is 0 Å². The van der Waals surface area contributed by atoms with Crippen LogP contribution in [-0.2, 0) is 4.79 Å². The number of fused-ring (bicyclic) bond motifs is 1. The Labute approximate surface area is 112 Å². The number of benzene rings is 1. The van der Waals surface area contributed by atoms with Crippen molar-refractivity contribution in [3.05, 3.63) is 33.8 Å². The van der Waals surface area contributed by atoms with E-state index in [4.69, 9.17) is 5.11 Å². The number of rotatable bonds is 3. The Morgan fingerprint density at radius 3 is 2.50 bits per heavy atom. The molecule has 1 heterocycles. The molecular weight excluding hydrogens is 302 g/mol. The summed E-state index contributed by atoms with van der Waals surface area (Å²) < 4.78 is 0.674. The van der Waals surface area contributed by atoms with Crippen molar-refractivity contribution in [1.82, 2.24) is 4.90 Å². The van der Waals surface area contributed by atoms with Gasteiger partial charge in [-0.1, -0.05) is 22.9 Å². The third-order valence-corrected chi connectivity index (χ3v) is 3.36. The van der Waals surface area contributed by atoms with Gasteiger partial charge in [-0.25, -0.2) is 4.79 Å². The lowest BCUT2D eigenvalue weighted by molar-refractivity contribution is -0.141. The second-order valence-corrected chi connectivity index (χ2v) is 4.85. The summed E-state index contributed by atoms with van der Waals surface area (Å²) in [7, 11) is 0. The van der Waals surface area contributed by atoms with E-state index in [1.165, 1.54) is 12.1 Å². The molecule has 5 nitrogen and oxygen atoms in total. The number of hydrogen-bond donors (Lipinski definition) is 1. The van der Waals surface area contributed by atoms with Crippen molar-refractivity contribution >= 4 is 33.7 Å². The van der Waals surface area contributed by atoms with E-state index in [1.807, 2.05) is 0 Å². The van der Waals surface area contributed by atoms with Crippen LogP contribution in [0.25, 0.3) is 0 Å². The first kappa shape index (κ1) is 12.8. The molecule has 1 aliphatic heterocycles. The largest absolute Gasteiger partial charge is 0.480 e. The third-order valence-electron chi connectivity index (χ3n) is 2.86. The summed E-state index contributed by atoms with van der Waals surface area (Å²) in [5, 5.41) is 9.05. The maximum absolute atomic E-state index is 12.1. The van der Waals surface area contributed by atoms with E-state index in [2.05, 4.69) is 15.9 Å². The Hall–Kier alpha value is -1.69. The fourth-order valence-electron chi connectivity index (χ4n) is 1.98. The number of amides is 2. The molecule has 0 saturated carbocycles. The number of carbonyl (C=O) groups excluding carboxylic acids is 2. The molecule has 1 aliphatic rings. The van der Waals surface area contributed by atoms with Crippen molar-refractivity contribution in [3.8, 4) is 0 Å². The minimum Gasteiger partial charge on any atom is -0.480 e. The summed E-state index contributed by atoms with van der Waals surface area (Å²) in [6.07, 6.45) is 0.183. The van der Waals surface area contributed by atoms with E-state index in [1.54, 1.807) is 13.0 Å². The van der Waals surface area contributed by atoms with Crippen LogP contribution < -0.4 is 0 Å². The van der Waals surface area contributed by atoms with Crippen molar-refractivity contribution in [2.45, 2.75) is 19.4 Å². The molecule has 1 aromatic rings. The van der Waals surface area contributed by atoms with Gasteiger partial charge in [-0.05, 0) is 24.6 Å². The van der Waals surface area contributed by atoms with Gasteiger partial charge in [-0.15, -0.1) is 0 Å². The number of hydrogen-bond acceptors (Lipinski definition) is 3. The predicted octanol–water partition coefficient (Wildman–Crippen LogP) is 1.91. The first-order chi connectivity index (χ1) is 8.47. The SMILES string of the molecule is CCC(C(=O)O)N1C(=O)c2ccc(Br)cc2C1=O. The van der Waals surface area contributed by atoms with Crippen LogP contribution in [0.4, 0.5) is 0 Å². The highest BCUT2D eigenvalue weighted by Gasteiger charge is 2.42. The van der Waals surface area contributed by atoms with Gasteiger partial charge in [0.15, 0.2) is 0 Å². The van der Waals surface area contributed by atoms with Gasteiger partial charge in [0.2, 0.25) is 0 Å². The number of carboxylic acids is 1. The van der Waals surface area contributed by atoms with Crippen LogP contribution in [0.15, 0.2) is 22.7 Å². The molecular formula is C12H10BrNO4. The normalized spacial score (nSPS) is 15.8. The number of carboxylic acid groups (broad SMARTS) is 1. The fraction of sp³-hybridized carbons (Fsp3) is 0.250. The molecule has 94 valence electrons. The van der Waals surface area contributed by atoms with Crippen LogP contribution in [0.5, 0.6) is 0 Å². The second kappa shape index (κ2) is 4.53. The van der Waals surface area contributed by atoms with Crippen LogP contribution >= 0.6 is 15.9 Å². The van der Waals surface area contributed by atoms with E-state index >= 15 is 0 Å². The molecule has 0 aromatic heterocycles. The van der Waals surface area contributed by atoms with Crippen LogP contribution in [0.3, 0.4) is 0 Å². The molecule has 1 atom stereocenters. The standard InChI is InChI=1S/C12H10BrNO4/c1-2-9(12(17)18)14-10(15)7-4-3-6(13)5-8(7)11(14)16/h3-5,9H,2H2,1H3,(H,17,18). The number of imide groups is 1. The molecule has 0 spiro atoms. The first-order valence-corrected chi connectivity index (χ1v) is 6.17. The Morgan fingerprint density at radius 1 is 1.33 bits per heavy atom. The van der Waals surface area contributed by atoms with Crippen molar-refractivity contribution in [2.75, 3.05) is 0 Å². The topological polar surface area (TPSA) is 74.7 Å². The van der Waals surface area contributed by atoms with E-state index in [9.17, 15) is 14.4 Å². The van der Waals surface area contributed by atoms with Gasteiger partial charge in [0.25, 0.3) is 11.8 Å². The van der Waals surface area contributed by atoms with Gasteiger partial charge < -0.3 is 5.11 Å². The van der Waals surface area contributed by atoms with E-state index in [0.29, 0.717) is 4.47 Å². The van der Waals surface area contributed by atoms with E-state index in [0.717, 1.165) is 4.90 Å². The van der Waals surface area contributed by atoms with Gasteiger partial charge >= 0.3 is 5.97 Å². The summed E-state index contributed by atoms with van der Waals surface area (Å²) in [5.41, 5.74) is 0.497. The average Bonchev–Trinajstić information content (AvgIpc) is 2.55. The summed E-state index contributed by atoms with van der Waals surface area (Å²) in [4.78, 5) is 36.0. The maximum Gasteiger partial charge on any atom is 0.326 e. The Kier molecular flexibility index (Phi) is 3.21. The van der Waals surface area contributed by atoms with Gasteiger partial charge in [0.1, 0.15) is 6.04 Å². The molecule has 0 aliphatic carbocycles. The lowest BCUT2D eigenvalue weighted by atomic mass is 10.1. The summed E-state index contributed by atoms with van der Waals surface area (Å²) in [6.45, 7) is 1.62. The molecule has 2 rings (SSSR count). The Balaban J connectivity index is 2.48. The minimum atomic E-state index is -1.17. The predicted molar refractivity (Wildman–Crippen MR) is 66.4 cm³/mol. The molecule has 0 bridgehead atoms. The number of carbonyl (C=O) groups is 3. The molecule has 1 unspecified atom stereocenters.